The second-order valence-corrected chi connectivity index (χ2v) is 10.7. The minimum atomic E-state index is -0.673. The first-order valence-corrected chi connectivity index (χ1v) is 14.2. The van der Waals surface area contributed by atoms with Crippen LogP contribution in [0.15, 0.2) is 97.1 Å². The molecule has 44 heavy (non-hydrogen) atoms. The number of hydrogen-bond acceptors (Lipinski definition) is 9. The summed E-state index contributed by atoms with van der Waals surface area (Å²) >= 11 is 0. The summed E-state index contributed by atoms with van der Waals surface area (Å²) in [5.41, 5.74) is 3.24. The van der Waals surface area contributed by atoms with Crippen molar-refractivity contribution in [2.24, 2.45) is 0 Å². The number of esters is 3. The lowest BCUT2D eigenvalue weighted by Crippen LogP contribution is -2.36. The smallest absolute Gasteiger partial charge is 0.343 e. The van der Waals surface area contributed by atoms with Crippen LogP contribution in [0.1, 0.15) is 42.2 Å². The molecule has 2 fully saturated rings. The van der Waals surface area contributed by atoms with E-state index in [9.17, 15) is 14.4 Å². The molecule has 0 aliphatic carbocycles. The van der Waals surface area contributed by atoms with E-state index in [1.54, 1.807) is 36.4 Å². The van der Waals surface area contributed by atoms with Crippen molar-refractivity contribution in [1.29, 1.82) is 0 Å². The van der Waals surface area contributed by atoms with E-state index in [0.717, 1.165) is 11.1 Å². The zero-order valence-electron chi connectivity index (χ0n) is 24.1. The summed E-state index contributed by atoms with van der Waals surface area (Å²) in [4.78, 5) is 38.0. The maximum absolute atomic E-state index is 12.8. The average molecular weight is 595 g/mol. The van der Waals surface area contributed by atoms with Crippen molar-refractivity contribution < 1.29 is 42.8 Å². The highest BCUT2D eigenvalue weighted by Crippen LogP contribution is 2.32. The molecular weight excluding hydrogens is 564 g/mol. The van der Waals surface area contributed by atoms with Crippen LogP contribution in [-0.2, 0) is 18.9 Å². The van der Waals surface area contributed by atoms with Crippen LogP contribution in [0.5, 0.6) is 17.2 Å². The first-order valence-electron chi connectivity index (χ1n) is 14.2. The molecule has 4 atom stereocenters. The Labute approximate surface area is 254 Å². The molecule has 0 bridgehead atoms. The van der Waals surface area contributed by atoms with Crippen molar-refractivity contribution in [2.75, 3.05) is 13.2 Å². The summed E-state index contributed by atoms with van der Waals surface area (Å²) < 4.78 is 34.2. The number of hydrogen-bond donors (Lipinski definition) is 0. The first-order chi connectivity index (χ1) is 21.3. The SMILES string of the molecule is Cc1ccc(Oc2ccc(C(=O)OC3COC4C(OC(=O)c5ccc(OC(=O)c6ccc(C)cc6)cc5)COC34)cc2)cc1. The summed E-state index contributed by atoms with van der Waals surface area (Å²) in [5.74, 6) is 0.00308. The van der Waals surface area contributed by atoms with Gasteiger partial charge in [0.1, 0.15) is 29.5 Å². The Morgan fingerprint density at radius 2 is 0.886 bits per heavy atom. The standard InChI is InChI=1S/C35H30O9/c1-21-3-7-23(8-4-21)33(36)42-28-17-11-25(12-18-28)35(38)44-30-20-40-31-29(19-39-32(30)31)43-34(37)24-9-15-27(16-10-24)41-26-13-5-22(2)6-14-26/h3-18,29-32H,19-20H2,1-2H3. The van der Waals surface area contributed by atoms with Crippen molar-refractivity contribution in [3.63, 3.8) is 0 Å². The Morgan fingerprint density at radius 3 is 1.36 bits per heavy atom. The van der Waals surface area contributed by atoms with Gasteiger partial charge >= 0.3 is 17.9 Å². The van der Waals surface area contributed by atoms with Crippen LogP contribution in [0.4, 0.5) is 0 Å². The lowest BCUT2D eigenvalue weighted by Gasteiger charge is -2.17. The molecule has 4 aromatic rings. The van der Waals surface area contributed by atoms with E-state index in [4.69, 9.17) is 28.4 Å². The molecule has 2 saturated heterocycles. The van der Waals surface area contributed by atoms with E-state index in [-0.39, 0.29) is 18.8 Å². The number of carbonyl (C=O) groups is 3. The van der Waals surface area contributed by atoms with E-state index in [1.165, 1.54) is 24.3 Å². The van der Waals surface area contributed by atoms with E-state index in [1.807, 2.05) is 50.2 Å². The molecule has 224 valence electrons. The number of ether oxygens (including phenoxy) is 6. The molecule has 4 unspecified atom stereocenters. The molecule has 2 aliphatic rings. The Kier molecular flexibility index (Phi) is 8.40. The molecule has 2 aliphatic heterocycles. The van der Waals surface area contributed by atoms with E-state index < -0.39 is 42.3 Å². The van der Waals surface area contributed by atoms with Crippen LogP contribution < -0.4 is 9.47 Å². The molecule has 0 radical (unpaired) electrons. The van der Waals surface area contributed by atoms with Crippen LogP contribution in [0.2, 0.25) is 0 Å². The van der Waals surface area contributed by atoms with Crippen molar-refractivity contribution in [3.05, 3.63) is 125 Å². The minimum absolute atomic E-state index is 0.104. The first kappa shape index (κ1) is 29.1. The molecular formula is C35H30O9. The molecule has 0 saturated carbocycles. The number of fused-ring (bicyclic) bond motifs is 1. The van der Waals surface area contributed by atoms with Gasteiger partial charge in [-0.15, -0.1) is 0 Å². The summed E-state index contributed by atoms with van der Waals surface area (Å²) in [6.07, 6.45) is -2.46. The van der Waals surface area contributed by atoms with Gasteiger partial charge in [0.2, 0.25) is 0 Å². The van der Waals surface area contributed by atoms with Gasteiger partial charge in [0.15, 0.2) is 12.2 Å². The lowest BCUT2D eigenvalue weighted by atomic mass is 10.1. The van der Waals surface area contributed by atoms with E-state index in [2.05, 4.69) is 0 Å². The highest BCUT2D eigenvalue weighted by Gasteiger charge is 2.51. The van der Waals surface area contributed by atoms with Crippen LogP contribution in [-0.4, -0.2) is 55.5 Å². The summed E-state index contributed by atoms with van der Waals surface area (Å²) in [6.45, 7) is 4.15. The third-order valence-corrected chi connectivity index (χ3v) is 7.41. The Balaban J connectivity index is 0.992. The Bertz CT molecular complexity index is 1630. The van der Waals surface area contributed by atoms with Crippen LogP contribution >= 0.6 is 0 Å². The predicted molar refractivity (Wildman–Crippen MR) is 158 cm³/mol. The van der Waals surface area contributed by atoms with E-state index >= 15 is 0 Å². The molecule has 2 heterocycles. The zero-order chi connectivity index (χ0) is 30.6. The molecule has 9 nitrogen and oxygen atoms in total. The number of carbonyl (C=O) groups excluding carboxylic acids is 3. The Morgan fingerprint density at radius 1 is 0.523 bits per heavy atom. The normalized spacial score (nSPS) is 20.4. The number of benzene rings is 4. The third kappa shape index (κ3) is 6.64. The molecule has 0 amide bonds. The third-order valence-electron chi connectivity index (χ3n) is 7.41. The number of rotatable bonds is 8. The highest BCUT2D eigenvalue weighted by molar-refractivity contribution is 5.92. The molecule has 0 aromatic heterocycles. The Hall–Kier alpha value is -4.99. The average Bonchev–Trinajstić information content (AvgIpc) is 3.62. The van der Waals surface area contributed by atoms with Crippen molar-refractivity contribution in [2.45, 2.75) is 38.3 Å². The zero-order valence-corrected chi connectivity index (χ0v) is 24.1. The number of aryl methyl sites for hydroxylation is 2. The quantitative estimate of drug-likeness (QED) is 0.183. The van der Waals surface area contributed by atoms with Gasteiger partial charge in [0.05, 0.1) is 29.9 Å². The molecule has 6 rings (SSSR count). The molecule has 0 N–H and O–H groups in total. The minimum Gasteiger partial charge on any atom is -0.457 e. The highest BCUT2D eigenvalue weighted by atomic mass is 16.7. The van der Waals surface area contributed by atoms with Gasteiger partial charge < -0.3 is 28.4 Å². The van der Waals surface area contributed by atoms with Gasteiger partial charge in [0.25, 0.3) is 0 Å². The summed E-state index contributed by atoms with van der Waals surface area (Å²) in [5, 5.41) is 0. The van der Waals surface area contributed by atoms with Gasteiger partial charge in [-0.05, 0) is 86.6 Å². The van der Waals surface area contributed by atoms with Crippen LogP contribution in [0.3, 0.4) is 0 Å². The maximum Gasteiger partial charge on any atom is 0.343 e. The van der Waals surface area contributed by atoms with Crippen molar-refractivity contribution >= 4 is 17.9 Å². The van der Waals surface area contributed by atoms with Crippen LogP contribution in [0, 0.1) is 13.8 Å². The fraction of sp³-hybridized carbons (Fsp3) is 0.229. The van der Waals surface area contributed by atoms with Gasteiger partial charge in [-0.3, -0.25) is 0 Å². The van der Waals surface area contributed by atoms with Gasteiger partial charge in [-0.2, -0.15) is 0 Å². The van der Waals surface area contributed by atoms with E-state index in [0.29, 0.717) is 28.4 Å². The predicted octanol–water partition coefficient (Wildman–Crippen LogP) is 5.86. The van der Waals surface area contributed by atoms with Gasteiger partial charge in [0, 0.05) is 0 Å². The van der Waals surface area contributed by atoms with Crippen molar-refractivity contribution in [1.82, 2.24) is 0 Å². The largest absolute Gasteiger partial charge is 0.457 e. The second-order valence-electron chi connectivity index (χ2n) is 10.7. The summed E-state index contributed by atoms with van der Waals surface area (Å²) in [6, 6.07) is 27.5. The van der Waals surface area contributed by atoms with Crippen molar-refractivity contribution in [3.8, 4) is 17.2 Å². The maximum atomic E-state index is 12.8. The molecule has 4 aromatic carbocycles. The van der Waals surface area contributed by atoms with Gasteiger partial charge in [-0.1, -0.05) is 35.4 Å². The van der Waals surface area contributed by atoms with Gasteiger partial charge in [-0.25, -0.2) is 14.4 Å². The topological polar surface area (TPSA) is 107 Å². The van der Waals surface area contributed by atoms with Crippen LogP contribution in [0.25, 0.3) is 0 Å². The molecule has 9 heteroatoms. The summed E-state index contributed by atoms with van der Waals surface area (Å²) in [7, 11) is 0. The lowest BCUT2D eigenvalue weighted by molar-refractivity contribution is -0.0287. The monoisotopic (exact) mass is 594 g/mol. The fourth-order valence-electron chi connectivity index (χ4n) is 4.96. The fourth-order valence-corrected chi connectivity index (χ4v) is 4.96. The molecule has 0 spiro atoms. The second kappa shape index (κ2) is 12.7.